The quantitative estimate of drug-likeness (QED) is 0.657. The standard InChI is InChI=1S/C17H18N6OS2.ClH/c1-23-9-11(6-20-23)14-7-18-8-15(14)16(24)21-12-2-4-13(5-3-12)26-17-22-19-10-25-17;/h2-6,9-10,14-15,18H,7-8H2,1H3,(H,21,24);1H/t14-,15+;/m1./s1. The van der Waals surface area contributed by atoms with Crippen LogP contribution in [-0.2, 0) is 11.8 Å². The van der Waals surface area contributed by atoms with Crippen LogP contribution in [0.25, 0.3) is 0 Å². The number of carbonyl (C=O) groups is 1. The lowest BCUT2D eigenvalue weighted by atomic mass is 9.90. The van der Waals surface area contributed by atoms with Gasteiger partial charge >= 0.3 is 0 Å². The fourth-order valence-corrected chi connectivity index (χ4v) is 4.54. The summed E-state index contributed by atoms with van der Waals surface area (Å²) in [5.41, 5.74) is 3.61. The second-order valence-electron chi connectivity index (χ2n) is 6.14. The molecule has 0 spiro atoms. The summed E-state index contributed by atoms with van der Waals surface area (Å²) >= 11 is 3.07. The van der Waals surface area contributed by atoms with Gasteiger partial charge in [-0.25, -0.2) is 0 Å². The Morgan fingerprint density at radius 1 is 1.33 bits per heavy atom. The summed E-state index contributed by atoms with van der Waals surface area (Å²) in [4.78, 5) is 13.8. The first-order chi connectivity index (χ1) is 12.7. The van der Waals surface area contributed by atoms with Crippen molar-refractivity contribution < 1.29 is 4.79 Å². The number of hydrogen-bond donors (Lipinski definition) is 2. The van der Waals surface area contributed by atoms with Crippen molar-refractivity contribution in [1.29, 1.82) is 0 Å². The Morgan fingerprint density at radius 3 is 2.81 bits per heavy atom. The van der Waals surface area contributed by atoms with Crippen LogP contribution in [0.5, 0.6) is 0 Å². The topological polar surface area (TPSA) is 84.7 Å². The third-order valence-electron chi connectivity index (χ3n) is 4.37. The second kappa shape index (κ2) is 8.83. The van der Waals surface area contributed by atoms with E-state index in [4.69, 9.17) is 0 Å². The fraction of sp³-hybridized carbons (Fsp3) is 0.294. The van der Waals surface area contributed by atoms with Gasteiger partial charge < -0.3 is 10.6 Å². The fourth-order valence-electron chi connectivity index (χ4n) is 3.09. The maximum absolute atomic E-state index is 12.7. The summed E-state index contributed by atoms with van der Waals surface area (Å²) in [7, 11) is 1.89. The van der Waals surface area contributed by atoms with Crippen LogP contribution < -0.4 is 10.6 Å². The largest absolute Gasteiger partial charge is 0.326 e. The number of hydrogen-bond acceptors (Lipinski definition) is 7. The van der Waals surface area contributed by atoms with Crippen LogP contribution in [0.4, 0.5) is 5.69 Å². The monoisotopic (exact) mass is 422 g/mol. The lowest BCUT2D eigenvalue weighted by molar-refractivity contribution is -0.119. The molecule has 7 nitrogen and oxygen atoms in total. The molecule has 1 fully saturated rings. The molecule has 0 radical (unpaired) electrons. The van der Waals surface area contributed by atoms with E-state index in [1.54, 1.807) is 22.0 Å². The van der Waals surface area contributed by atoms with Crippen LogP contribution in [0.15, 0.2) is 51.4 Å². The molecule has 0 bridgehead atoms. The van der Waals surface area contributed by atoms with Gasteiger partial charge in [-0.2, -0.15) is 5.10 Å². The van der Waals surface area contributed by atoms with Crippen molar-refractivity contribution in [3.8, 4) is 0 Å². The Kier molecular flexibility index (Phi) is 6.48. The smallest absolute Gasteiger partial charge is 0.229 e. The zero-order valence-electron chi connectivity index (χ0n) is 14.5. The Hall–Kier alpha value is -1.94. The third-order valence-corrected chi connectivity index (χ3v) is 6.16. The van der Waals surface area contributed by atoms with Gasteiger partial charge in [-0.1, -0.05) is 23.1 Å². The Bertz CT molecular complexity index is 883. The Morgan fingerprint density at radius 2 is 2.15 bits per heavy atom. The number of rotatable bonds is 5. The lowest BCUT2D eigenvalue weighted by Gasteiger charge is -2.17. The maximum atomic E-state index is 12.7. The normalized spacial score (nSPS) is 18.9. The molecule has 10 heteroatoms. The van der Waals surface area contributed by atoms with E-state index in [1.165, 1.54) is 11.3 Å². The number of nitrogens with one attached hydrogen (secondary N) is 2. The number of nitrogens with zero attached hydrogens (tertiary/aromatic N) is 4. The lowest BCUT2D eigenvalue weighted by Crippen LogP contribution is -2.28. The summed E-state index contributed by atoms with van der Waals surface area (Å²) < 4.78 is 2.68. The zero-order valence-corrected chi connectivity index (χ0v) is 17.0. The molecule has 1 aromatic carbocycles. The van der Waals surface area contributed by atoms with Gasteiger partial charge in [0.1, 0.15) is 5.51 Å². The van der Waals surface area contributed by atoms with Crippen molar-refractivity contribution in [1.82, 2.24) is 25.3 Å². The molecule has 1 amide bonds. The van der Waals surface area contributed by atoms with Crippen LogP contribution in [0, 0.1) is 5.92 Å². The minimum atomic E-state index is -0.102. The van der Waals surface area contributed by atoms with E-state index < -0.39 is 0 Å². The summed E-state index contributed by atoms with van der Waals surface area (Å²) in [5.74, 6) is 0.0824. The average molecular weight is 423 g/mol. The van der Waals surface area contributed by atoms with Gasteiger partial charge in [0.25, 0.3) is 0 Å². The molecule has 3 aromatic rings. The van der Waals surface area contributed by atoms with Gasteiger partial charge in [-0.15, -0.1) is 22.6 Å². The van der Waals surface area contributed by atoms with Crippen molar-refractivity contribution >= 4 is 47.1 Å². The number of benzene rings is 1. The maximum Gasteiger partial charge on any atom is 0.229 e. The molecular weight excluding hydrogens is 404 g/mol. The Balaban J connectivity index is 0.00000210. The van der Waals surface area contributed by atoms with E-state index in [1.807, 2.05) is 43.7 Å². The summed E-state index contributed by atoms with van der Waals surface area (Å²) in [6.45, 7) is 1.47. The van der Waals surface area contributed by atoms with Gasteiger partial charge in [0.15, 0.2) is 4.34 Å². The van der Waals surface area contributed by atoms with Gasteiger partial charge in [0.05, 0.1) is 12.1 Å². The number of anilines is 1. The summed E-state index contributed by atoms with van der Waals surface area (Å²) in [6.07, 6.45) is 3.83. The number of amides is 1. The van der Waals surface area contributed by atoms with Crippen molar-refractivity contribution in [3.05, 3.63) is 47.7 Å². The molecule has 1 aliphatic rings. The Labute approximate surface area is 171 Å². The molecule has 2 N–H and O–H groups in total. The molecule has 3 heterocycles. The molecule has 0 unspecified atom stereocenters. The van der Waals surface area contributed by atoms with Crippen molar-refractivity contribution in [2.24, 2.45) is 13.0 Å². The molecule has 4 rings (SSSR count). The highest BCUT2D eigenvalue weighted by Gasteiger charge is 2.34. The van der Waals surface area contributed by atoms with Gasteiger partial charge in [0.2, 0.25) is 5.91 Å². The van der Waals surface area contributed by atoms with E-state index in [0.29, 0.717) is 6.54 Å². The first-order valence-electron chi connectivity index (χ1n) is 8.23. The molecule has 142 valence electrons. The highest BCUT2D eigenvalue weighted by molar-refractivity contribution is 8.01. The molecule has 2 atom stereocenters. The van der Waals surface area contributed by atoms with E-state index in [9.17, 15) is 4.79 Å². The molecule has 0 saturated carbocycles. The highest BCUT2D eigenvalue weighted by atomic mass is 35.5. The van der Waals surface area contributed by atoms with Crippen LogP contribution in [-0.4, -0.2) is 39.0 Å². The first kappa shape index (κ1) is 19.8. The van der Waals surface area contributed by atoms with Crippen molar-refractivity contribution in [2.45, 2.75) is 15.2 Å². The van der Waals surface area contributed by atoms with Crippen LogP contribution in [0.2, 0.25) is 0 Å². The third kappa shape index (κ3) is 4.67. The summed E-state index contributed by atoms with van der Waals surface area (Å²) in [6, 6.07) is 7.80. The van der Waals surface area contributed by atoms with E-state index in [0.717, 1.165) is 27.0 Å². The highest BCUT2D eigenvalue weighted by Crippen LogP contribution is 2.31. The van der Waals surface area contributed by atoms with Crippen LogP contribution in [0.3, 0.4) is 0 Å². The van der Waals surface area contributed by atoms with Gasteiger partial charge in [-0.05, 0) is 29.8 Å². The molecule has 27 heavy (non-hydrogen) atoms. The first-order valence-corrected chi connectivity index (χ1v) is 9.93. The molecule has 2 aromatic heterocycles. The molecule has 1 saturated heterocycles. The van der Waals surface area contributed by atoms with E-state index >= 15 is 0 Å². The van der Waals surface area contributed by atoms with Crippen molar-refractivity contribution in [2.75, 3.05) is 18.4 Å². The number of aryl methyl sites for hydroxylation is 1. The van der Waals surface area contributed by atoms with E-state index in [2.05, 4.69) is 25.9 Å². The van der Waals surface area contributed by atoms with Gasteiger partial charge in [-0.3, -0.25) is 9.48 Å². The van der Waals surface area contributed by atoms with E-state index in [-0.39, 0.29) is 30.2 Å². The zero-order chi connectivity index (χ0) is 17.9. The van der Waals surface area contributed by atoms with Crippen LogP contribution in [0.1, 0.15) is 11.5 Å². The second-order valence-corrected chi connectivity index (χ2v) is 8.29. The van der Waals surface area contributed by atoms with Crippen molar-refractivity contribution in [3.63, 3.8) is 0 Å². The predicted molar refractivity (Wildman–Crippen MR) is 109 cm³/mol. The van der Waals surface area contributed by atoms with Gasteiger partial charge in [0, 0.05) is 42.8 Å². The minimum absolute atomic E-state index is 0. The molecular formula is C17H19ClN6OS2. The number of aromatic nitrogens is 4. The average Bonchev–Trinajstić information content (AvgIpc) is 3.37. The predicted octanol–water partition coefficient (Wildman–Crippen LogP) is 2.79. The molecule has 1 aliphatic heterocycles. The minimum Gasteiger partial charge on any atom is -0.326 e. The molecule has 0 aliphatic carbocycles. The number of carbonyl (C=O) groups excluding carboxylic acids is 1. The van der Waals surface area contributed by atoms with Crippen LogP contribution >= 0.6 is 35.5 Å². The summed E-state index contributed by atoms with van der Waals surface area (Å²) in [5, 5.41) is 18.4. The number of halogens is 1. The SMILES string of the molecule is Cl.Cn1cc([C@H]2CNC[C@@H]2C(=O)Nc2ccc(Sc3nncs3)cc2)cn1.